The number of aromatic nitrogens is 1. The van der Waals surface area contributed by atoms with Crippen LogP contribution in [-0.4, -0.2) is 23.0 Å². The van der Waals surface area contributed by atoms with Crippen molar-refractivity contribution in [3.8, 4) is 17.2 Å². The average Bonchev–Trinajstić information content (AvgIpc) is 3.11. The third-order valence-corrected chi connectivity index (χ3v) is 4.21. The molecule has 0 aliphatic rings. The summed E-state index contributed by atoms with van der Waals surface area (Å²) in [5, 5.41) is 10.4. The molecule has 0 fully saturated rings. The minimum Gasteiger partial charge on any atom is -0.518 e. The van der Waals surface area contributed by atoms with Gasteiger partial charge in [-0.05, 0) is 44.5 Å². The first-order valence-electron chi connectivity index (χ1n) is 9.12. The predicted molar refractivity (Wildman–Crippen MR) is 114 cm³/mol. The van der Waals surface area contributed by atoms with Gasteiger partial charge in [0.05, 0.1) is 24.1 Å². The fourth-order valence-electron chi connectivity index (χ4n) is 2.94. The van der Waals surface area contributed by atoms with Gasteiger partial charge in [-0.2, -0.15) is 0 Å². The van der Waals surface area contributed by atoms with E-state index >= 15 is 0 Å². The first-order chi connectivity index (χ1) is 13.9. The first-order valence-corrected chi connectivity index (χ1v) is 9.12. The number of para-hydroxylation sites is 1. The standard InChI is InChI=1S/C19H14NO2.C5H8O2.Ir/c1-12-9-17(19-10-13-5-3-4-6-18(13)22-19)20-16-8-7-14(21-2)11-15(12)16;1-4(6)3-5(2)7;/h3-9,11H,1-2H3;3,6H,1-2H3;/q-1;;/b;4-3-;. The molecule has 5 nitrogen and oxygen atoms in total. The van der Waals surface area contributed by atoms with E-state index in [1.165, 1.54) is 19.9 Å². The zero-order valence-electron chi connectivity index (χ0n) is 17.1. The second-order valence-corrected chi connectivity index (χ2v) is 6.66. The fraction of sp³-hybridized carbons (Fsp3) is 0.167. The molecular weight excluding hydrogens is 558 g/mol. The van der Waals surface area contributed by atoms with Crippen LogP contribution in [0.15, 0.2) is 64.8 Å². The molecular formula is C24H22IrNO4-. The molecule has 0 saturated carbocycles. The van der Waals surface area contributed by atoms with Crippen molar-refractivity contribution < 1.29 is 39.2 Å². The average molecular weight is 581 g/mol. The minimum absolute atomic E-state index is 0. The second kappa shape index (κ2) is 10.2. The first kappa shape index (κ1) is 23.3. The molecule has 0 aliphatic heterocycles. The van der Waals surface area contributed by atoms with Crippen molar-refractivity contribution in [1.82, 2.24) is 4.98 Å². The molecule has 157 valence electrons. The Morgan fingerprint density at radius 1 is 1.17 bits per heavy atom. The van der Waals surface area contributed by atoms with Gasteiger partial charge in [0.25, 0.3) is 0 Å². The molecule has 30 heavy (non-hydrogen) atoms. The zero-order valence-corrected chi connectivity index (χ0v) is 19.5. The zero-order chi connectivity index (χ0) is 21.0. The molecule has 0 atom stereocenters. The van der Waals surface area contributed by atoms with Gasteiger partial charge in [-0.25, -0.2) is 0 Å². The molecule has 0 spiro atoms. The van der Waals surface area contributed by atoms with Gasteiger partial charge < -0.3 is 14.3 Å². The van der Waals surface area contributed by atoms with Crippen LogP contribution in [0, 0.1) is 13.0 Å². The molecule has 0 saturated heterocycles. The Hall–Kier alpha value is -2.95. The van der Waals surface area contributed by atoms with Crippen LogP contribution in [0.3, 0.4) is 0 Å². The summed E-state index contributed by atoms with van der Waals surface area (Å²) in [7, 11) is 1.67. The van der Waals surface area contributed by atoms with Crippen LogP contribution >= 0.6 is 0 Å². The molecule has 1 radical (unpaired) electrons. The summed E-state index contributed by atoms with van der Waals surface area (Å²) >= 11 is 0. The van der Waals surface area contributed by atoms with Crippen LogP contribution in [0.1, 0.15) is 19.4 Å². The van der Waals surface area contributed by atoms with Gasteiger partial charge >= 0.3 is 0 Å². The van der Waals surface area contributed by atoms with Gasteiger partial charge in [0.2, 0.25) is 0 Å². The Balaban J connectivity index is 0.000000350. The third kappa shape index (κ3) is 5.56. The molecule has 2 aromatic carbocycles. The van der Waals surface area contributed by atoms with E-state index in [0.29, 0.717) is 5.76 Å². The largest absolute Gasteiger partial charge is 0.518 e. The molecule has 6 heteroatoms. The van der Waals surface area contributed by atoms with Crippen LogP contribution in [-0.2, 0) is 24.9 Å². The van der Waals surface area contributed by atoms with E-state index in [2.05, 4.69) is 13.0 Å². The Morgan fingerprint density at radius 3 is 2.50 bits per heavy atom. The Morgan fingerprint density at radius 2 is 1.90 bits per heavy atom. The fourth-order valence-corrected chi connectivity index (χ4v) is 2.94. The van der Waals surface area contributed by atoms with E-state index < -0.39 is 0 Å². The number of aliphatic hydroxyl groups is 1. The Labute approximate surface area is 188 Å². The summed E-state index contributed by atoms with van der Waals surface area (Å²) in [6.07, 6.45) is 1.17. The normalized spacial score (nSPS) is 10.9. The van der Waals surface area contributed by atoms with E-state index in [4.69, 9.17) is 19.2 Å². The number of methoxy groups -OCH3 is 1. The quantitative estimate of drug-likeness (QED) is 0.188. The summed E-state index contributed by atoms with van der Waals surface area (Å²) in [6, 6.07) is 19.0. The van der Waals surface area contributed by atoms with Crippen molar-refractivity contribution in [1.29, 1.82) is 0 Å². The van der Waals surface area contributed by atoms with Crippen molar-refractivity contribution in [2.75, 3.05) is 7.11 Å². The third-order valence-electron chi connectivity index (χ3n) is 4.21. The van der Waals surface area contributed by atoms with Crippen molar-refractivity contribution in [3.63, 3.8) is 0 Å². The summed E-state index contributed by atoms with van der Waals surface area (Å²) in [5.41, 5.74) is 3.68. The molecule has 4 rings (SSSR count). The van der Waals surface area contributed by atoms with E-state index in [9.17, 15) is 4.79 Å². The van der Waals surface area contributed by atoms with Crippen LogP contribution in [0.25, 0.3) is 33.3 Å². The number of aryl methyl sites for hydroxylation is 1. The van der Waals surface area contributed by atoms with E-state index in [1.54, 1.807) is 7.11 Å². The van der Waals surface area contributed by atoms with Crippen molar-refractivity contribution in [3.05, 3.63) is 72.0 Å². The number of fused-ring (bicyclic) bond motifs is 2. The number of hydrogen-bond donors (Lipinski definition) is 1. The number of benzene rings is 2. The maximum absolute atomic E-state index is 10.0. The van der Waals surface area contributed by atoms with Gasteiger partial charge in [0.15, 0.2) is 5.78 Å². The van der Waals surface area contributed by atoms with Gasteiger partial charge in [-0.1, -0.05) is 24.3 Å². The SMILES string of the molecule is CC(=O)/C=C(/C)O.COc1ccc2nc(-c3[c-]c4ccccc4o3)cc(C)c2c1.[Ir]. The van der Waals surface area contributed by atoms with E-state index in [-0.39, 0.29) is 31.6 Å². The van der Waals surface area contributed by atoms with Gasteiger partial charge in [-0.3, -0.25) is 9.78 Å². The van der Waals surface area contributed by atoms with Crippen LogP contribution < -0.4 is 4.74 Å². The van der Waals surface area contributed by atoms with Gasteiger partial charge in [-0.15, -0.1) is 17.5 Å². The summed E-state index contributed by atoms with van der Waals surface area (Å²) in [4.78, 5) is 14.7. The summed E-state index contributed by atoms with van der Waals surface area (Å²) in [5.74, 6) is 1.44. The number of carbonyl (C=O) groups is 1. The molecule has 0 bridgehead atoms. The van der Waals surface area contributed by atoms with Gasteiger partial charge in [0.1, 0.15) is 5.75 Å². The molecule has 2 aromatic heterocycles. The molecule has 1 N–H and O–H groups in total. The molecule has 2 heterocycles. The number of ether oxygens (including phenoxy) is 1. The van der Waals surface area contributed by atoms with Crippen LogP contribution in [0.5, 0.6) is 5.75 Å². The second-order valence-electron chi connectivity index (χ2n) is 6.66. The molecule has 0 unspecified atom stereocenters. The number of allylic oxidation sites excluding steroid dienone is 2. The van der Waals surface area contributed by atoms with E-state index in [0.717, 1.165) is 38.9 Å². The minimum atomic E-state index is -0.125. The van der Waals surface area contributed by atoms with Crippen LogP contribution in [0.4, 0.5) is 0 Å². The maximum atomic E-state index is 10.0. The number of furan rings is 1. The van der Waals surface area contributed by atoms with Crippen molar-refractivity contribution in [2.24, 2.45) is 0 Å². The Bertz CT molecular complexity index is 1170. The van der Waals surface area contributed by atoms with E-state index in [1.807, 2.05) is 48.5 Å². The predicted octanol–water partition coefficient (Wildman–Crippen LogP) is 5.80. The monoisotopic (exact) mass is 581 g/mol. The smallest absolute Gasteiger partial charge is 0.155 e. The topological polar surface area (TPSA) is 72.6 Å². The number of ketones is 1. The Kier molecular flexibility index (Phi) is 7.92. The molecule has 4 aromatic rings. The number of pyridine rings is 1. The summed E-state index contributed by atoms with van der Waals surface area (Å²) in [6.45, 7) is 4.91. The summed E-state index contributed by atoms with van der Waals surface area (Å²) < 4.78 is 11.1. The van der Waals surface area contributed by atoms with Crippen molar-refractivity contribution in [2.45, 2.75) is 20.8 Å². The number of carbonyl (C=O) groups excluding carboxylic acids is 1. The molecule has 0 amide bonds. The number of hydrogen-bond acceptors (Lipinski definition) is 5. The number of nitrogens with zero attached hydrogens (tertiary/aromatic N) is 1. The van der Waals surface area contributed by atoms with Crippen LogP contribution in [0.2, 0.25) is 0 Å². The van der Waals surface area contributed by atoms with Crippen molar-refractivity contribution >= 4 is 27.7 Å². The van der Waals surface area contributed by atoms with Gasteiger partial charge in [0, 0.05) is 42.8 Å². The number of rotatable bonds is 3. The maximum Gasteiger partial charge on any atom is 0.155 e. The number of aliphatic hydroxyl groups excluding tert-OH is 1. The molecule has 0 aliphatic carbocycles.